The minimum Gasteiger partial charge on any atom is -0.368 e. The van der Waals surface area contributed by atoms with Gasteiger partial charge in [0, 0.05) is 19.1 Å². The van der Waals surface area contributed by atoms with Crippen LogP contribution in [0, 0.1) is 0 Å². The maximum absolute atomic E-state index is 12.5. The van der Waals surface area contributed by atoms with E-state index in [-0.39, 0.29) is 5.91 Å². The van der Waals surface area contributed by atoms with E-state index in [9.17, 15) is 4.79 Å². The van der Waals surface area contributed by atoms with Gasteiger partial charge in [0.05, 0.1) is 5.75 Å². The third-order valence-corrected chi connectivity index (χ3v) is 5.01. The molecule has 2 rings (SSSR count). The first-order valence-corrected chi connectivity index (χ1v) is 8.87. The summed E-state index contributed by atoms with van der Waals surface area (Å²) in [6.45, 7) is 7.07. The van der Waals surface area contributed by atoms with E-state index in [0.29, 0.717) is 29.4 Å². The summed E-state index contributed by atoms with van der Waals surface area (Å²) < 4.78 is 1.77. The van der Waals surface area contributed by atoms with Crippen molar-refractivity contribution in [3.8, 4) is 0 Å². The molecular formula is C15H25N5OS. The minimum atomic E-state index is 0.172. The van der Waals surface area contributed by atoms with Crippen LogP contribution in [-0.2, 0) is 11.3 Å². The van der Waals surface area contributed by atoms with E-state index in [2.05, 4.69) is 23.7 Å². The molecule has 2 N–H and O–H groups in total. The predicted molar refractivity (Wildman–Crippen MR) is 89.6 cm³/mol. The van der Waals surface area contributed by atoms with E-state index in [1.54, 1.807) is 10.6 Å². The number of carbonyl (C=O) groups is 1. The zero-order valence-corrected chi connectivity index (χ0v) is 14.0. The molecule has 0 unspecified atom stereocenters. The molecule has 1 aromatic heterocycles. The number of amides is 1. The molecule has 1 aliphatic carbocycles. The summed E-state index contributed by atoms with van der Waals surface area (Å²) in [6, 6.07) is 0.406. The number of aromatic nitrogens is 3. The molecule has 0 bridgehead atoms. The summed E-state index contributed by atoms with van der Waals surface area (Å²) >= 11 is 1.39. The van der Waals surface area contributed by atoms with Gasteiger partial charge in [0.2, 0.25) is 11.9 Å². The van der Waals surface area contributed by atoms with Crippen LogP contribution in [0.3, 0.4) is 0 Å². The lowest BCUT2D eigenvalue weighted by Gasteiger charge is -2.33. The molecule has 0 atom stereocenters. The van der Waals surface area contributed by atoms with Gasteiger partial charge in [-0.25, -0.2) is 0 Å². The van der Waals surface area contributed by atoms with Gasteiger partial charge in [-0.15, -0.1) is 16.8 Å². The first-order valence-electron chi connectivity index (χ1n) is 7.89. The van der Waals surface area contributed by atoms with E-state index in [1.165, 1.54) is 31.0 Å². The van der Waals surface area contributed by atoms with Crippen LogP contribution in [0.5, 0.6) is 0 Å². The van der Waals surface area contributed by atoms with E-state index < -0.39 is 0 Å². The molecule has 1 fully saturated rings. The lowest BCUT2D eigenvalue weighted by molar-refractivity contribution is -0.131. The van der Waals surface area contributed by atoms with Crippen LogP contribution >= 0.6 is 11.8 Å². The Morgan fingerprint density at radius 3 is 2.82 bits per heavy atom. The van der Waals surface area contributed by atoms with Gasteiger partial charge in [-0.2, -0.15) is 0 Å². The van der Waals surface area contributed by atoms with Gasteiger partial charge in [0.1, 0.15) is 0 Å². The Kier molecular flexibility index (Phi) is 6.30. The van der Waals surface area contributed by atoms with Crippen LogP contribution in [0.25, 0.3) is 0 Å². The van der Waals surface area contributed by atoms with Crippen molar-refractivity contribution in [3.05, 3.63) is 12.7 Å². The van der Waals surface area contributed by atoms with E-state index in [1.807, 2.05) is 4.90 Å². The smallest absolute Gasteiger partial charge is 0.233 e. The van der Waals surface area contributed by atoms with Crippen molar-refractivity contribution in [2.45, 2.75) is 56.8 Å². The highest BCUT2D eigenvalue weighted by Gasteiger charge is 2.24. The molecular weight excluding hydrogens is 298 g/mol. The van der Waals surface area contributed by atoms with Crippen LogP contribution in [0.2, 0.25) is 0 Å². The molecule has 122 valence electrons. The van der Waals surface area contributed by atoms with Gasteiger partial charge in [0.15, 0.2) is 5.16 Å². The van der Waals surface area contributed by atoms with Crippen molar-refractivity contribution in [1.82, 2.24) is 19.7 Å². The van der Waals surface area contributed by atoms with Crippen molar-refractivity contribution in [1.29, 1.82) is 0 Å². The molecule has 0 aromatic carbocycles. The number of carbonyl (C=O) groups excluding carboxylic acids is 1. The summed E-state index contributed by atoms with van der Waals surface area (Å²) in [5, 5.41) is 8.57. The highest BCUT2D eigenvalue weighted by atomic mass is 32.2. The summed E-state index contributed by atoms with van der Waals surface area (Å²) in [5.74, 6) is 0.903. The van der Waals surface area contributed by atoms with E-state index >= 15 is 0 Å². The molecule has 1 saturated carbocycles. The molecule has 1 aromatic rings. The highest BCUT2D eigenvalue weighted by Crippen LogP contribution is 2.24. The second-order valence-electron chi connectivity index (χ2n) is 5.50. The average Bonchev–Trinajstić information content (AvgIpc) is 2.88. The maximum atomic E-state index is 12.5. The van der Waals surface area contributed by atoms with Crippen molar-refractivity contribution in [2.24, 2.45) is 0 Å². The Morgan fingerprint density at radius 2 is 2.18 bits per heavy atom. The Hall–Kier alpha value is -1.50. The molecule has 1 heterocycles. The Bertz CT molecular complexity index is 510. The summed E-state index contributed by atoms with van der Waals surface area (Å²) in [4.78, 5) is 14.5. The number of anilines is 1. The first kappa shape index (κ1) is 16.9. The van der Waals surface area contributed by atoms with Gasteiger partial charge < -0.3 is 10.6 Å². The van der Waals surface area contributed by atoms with Crippen LogP contribution in [0.1, 0.15) is 39.0 Å². The maximum Gasteiger partial charge on any atom is 0.233 e. The second kappa shape index (κ2) is 8.22. The summed E-state index contributed by atoms with van der Waals surface area (Å²) in [5.41, 5.74) is 5.77. The quantitative estimate of drug-likeness (QED) is 0.615. The SMILES string of the molecule is C=CCn1c(N)nnc1SCC(=O)N(CC)C1CCCCC1. The third kappa shape index (κ3) is 4.03. The molecule has 0 saturated heterocycles. The number of hydrogen-bond acceptors (Lipinski definition) is 5. The van der Waals surface area contributed by atoms with Crippen molar-refractivity contribution in [2.75, 3.05) is 18.0 Å². The predicted octanol–water partition coefficient (Wildman–Crippen LogP) is 2.32. The number of thioether (sulfide) groups is 1. The van der Waals surface area contributed by atoms with Crippen LogP contribution in [0.15, 0.2) is 17.8 Å². The zero-order valence-electron chi connectivity index (χ0n) is 13.2. The van der Waals surface area contributed by atoms with Gasteiger partial charge in [-0.05, 0) is 19.8 Å². The topological polar surface area (TPSA) is 77.0 Å². The average molecular weight is 323 g/mol. The van der Waals surface area contributed by atoms with Crippen molar-refractivity contribution in [3.63, 3.8) is 0 Å². The van der Waals surface area contributed by atoms with Gasteiger partial charge >= 0.3 is 0 Å². The number of allylic oxidation sites excluding steroid dienone is 1. The van der Waals surface area contributed by atoms with Crippen molar-refractivity contribution >= 4 is 23.6 Å². The highest BCUT2D eigenvalue weighted by molar-refractivity contribution is 7.99. The molecule has 0 aliphatic heterocycles. The van der Waals surface area contributed by atoms with Crippen molar-refractivity contribution < 1.29 is 4.79 Å². The van der Waals surface area contributed by atoms with E-state index in [4.69, 9.17) is 5.73 Å². The molecule has 1 aliphatic rings. The molecule has 22 heavy (non-hydrogen) atoms. The lowest BCUT2D eigenvalue weighted by Crippen LogP contribution is -2.42. The molecule has 7 heteroatoms. The van der Waals surface area contributed by atoms with E-state index in [0.717, 1.165) is 19.4 Å². The number of rotatable bonds is 7. The lowest BCUT2D eigenvalue weighted by atomic mass is 9.94. The molecule has 0 radical (unpaired) electrons. The molecule has 0 spiro atoms. The largest absolute Gasteiger partial charge is 0.368 e. The molecule has 6 nitrogen and oxygen atoms in total. The fourth-order valence-corrected chi connectivity index (χ4v) is 3.79. The summed E-state index contributed by atoms with van der Waals surface area (Å²) in [6.07, 6.45) is 7.75. The van der Waals surface area contributed by atoms with Crippen LogP contribution in [0.4, 0.5) is 5.95 Å². The number of nitrogens with zero attached hydrogens (tertiary/aromatic N) is 4. The second-order valence-corrected chi connectivity index (χ2v) is 6.44. The van der Waals surface area contributed by atoms with Gasteiger partial charge in [-0.3, -0.25) is 9.36 Å². The third-order valence-electron chi connectivity index (χ3n) is 4.06. The number of nitrogens with two attached hydrogens (primary N) is 1. The fraction of sp³-hybridized carbons (Fsp3) is 0.667. The monoisotopic (exact) mass is 323 g/mol. The Balaban J connectivity index is 1.94. The van der Waals surface area contributed by atoms with Gasteiger partial charge in [-0.1, -0.05) is 37.1 Å². The fourth-order valence-electron chi connectivity index (χ4n) is 2.95. The minimum absolute atomic E-state index is 0.172. The summed E-state index contributed by atoms with van der Waals surface area (Å²) in [7, 11) is 0. The van der Waals surface area contributed by atoms with Crippen LogP contribution < -0.4 is 5.73 Å². The van der Waals surface area contributed by atoms with Gasteiger partial charge in [0.25, 0.3) is 0 Å². The number of hydrogen-bond donors (Lipinski definition) is 1. The zero-order chi connectivity index (χ0) is 15.9. The molecule has 1 amide bonds. The normalized spacial score (nSPS) is 15.7. The Morgan fingerprint density at radius 1 is 1.45 bits per heavy atom. The van der Waals surface area contributed by atoms with Crippen LogP contribution in [-0.4, -0.2) is 43.9 Å². The standard InChI is InChI=1S/C15H25N5OS/c1-3-10-20-14(16)17-18-15(20)22-11-13(21)19(4-2)12-8-6-5-7-9-12/h3,12H,1,4-11H2,2H3,(H2,16,17). The Labute approximate surface area is 136 Å². The first-order chi connectivity index (χ1) is 10.7. The number of nitrogen functional groups attached to an aromatic ring is 1.